The minimum Gasteiger partial charge on any atom is -0.490 e. The van der Waals surface area contributed by atoms with Crippen LogP contribution in [0.25, 0.3) is 0 Å². The van der Waals surface area contributed by atoms with Crippen LogP contribution in [-0.4, -0.2) is 37.4 Å². The van der Waals surface area contributed by atoms with Gasteiger partial charge >= 0.3 is 5.97 Å². The summed E-state index contributed by atoms with van der Waals surface area (Å²) >= 11 is 1.58. The minimum absolute atomic E-state index is 0.246. The molecule has 0 spiro atoms. The molecule has 0 unspecified atom stereocenters. The lowest BCUT2D eigenvalue weighted by Gasteiger charge is -2.10. The fourth-order valence-electron chi connectivity index (χ4n) is 2.54. The van der Waals surface area contributed by atoms with E-state index in [1.165, 1.54) is 5.56 Å². The maximum Gasteiger partial charge on any atom is 0.307 e. The van der Waals surface area contributed by atoms with E-state index in [1.807, 2.05) is 31.2 Å². The van der Waals surface area contributed by atoms with E-state index in [4.69, 9.17) is 14.2 Å². The van der Waals surface area contributed by atoms with Gasteiger partial charge in [-0.05, 0) is 31.2 Å². The van der Waals surface area contributed by atoms with Crippen molar-refractivity contribution in [3.63, 3.8) is 0 Å². The van der Waals surface area contributed by atoms with Crippen molar-refractivity contribution in [3.05, 3.63) is 48.0 Å². The SMILES string of the molecule is Cc1ccc(SCCC(=O)OCC(=O)Nc2ccc3c(c2)OCCCO3)cc1. The molecule has 6 nitrogen and oxygen atoms in total. The molecule has 0 atom stereocenters. The van der Waals surface area contributed by atoms with Crippen molar-refractivity contribution in [1.29, 1.82) is 0 Å². The van der Waals surface area contributed by atoms with Crippen LogP contribution in [0.15, 0.2) is 47.4 Å². The van der Waals surface area contributed by atoms with Crippen molar-refractivity contribution >= 4 is 29.3 Å². The van der Waals surface area contributed by atoms with E-state index in [0.717, 1.165) is 11.3 Å². The molecule has 0 fully saturated rings. The molecule has 2 aromatic rings. The minimum atomic E-state index is -0.395. The topological polar surface area (TPSA) is 73.9 Å². The Hall–Kier alpha value is -2.67. The second kappa shape index (κ2) is 10.0. The molecule has 0 saturated heterocycles. The molecule has 0 aliphatic carbocycles. The summed E-state index contributed by atoms with van der Waals surface area (Å²) in [6.07, 6.45) is 1.06. The molecule has 7 heteroatoms. The molecule has 0 saturated carbocycles. The Morgan fingerprint density at radius 1 is 1.07 bits per heavy atom. The number of amides is 1. The highest BCUT2D eigenvalue weighted by atomic mass is 32.2. The lowest BCUT2D eigenvalue weighted by Crippen LogP contribution is -2.21. The van der Waals surface area contributed by atoms with E-state index in [9.17, 15) is 9.59 Å². The summed E-state index contributed by atoms with van der Waals surface area (Å²) in [5, 5.41) is 2.70. The largest absolute Gasteiger partial charge is 0.490 e. The number of hydrogen-bond donors (Lipinski definition) is 1. The lowest BCUT2D eigenvalue weighted by molar-refractivity contribution is -0.146. The highest BCUT2D eigenvalue weighted by Crippen LogP contribution is 2.32. The summed E-state index contributed by atoms with van der Waals surface area (Å²) < 4.78 is 16.2. The quantitative estimate of drug-likeness (QED) is 0.562. The number of esters is 1. The van der Waals surface area contributed by atoms with E-state index in [0.29, 0.717) is 36.2 Å². The third-order valence-electron chi connectivity index (χ3n) is 3.99. The molecule has 148 valence electrons. The van der Waals surface area contributed by atoms with Gasteiger partial charge in [0.2, 0.25) is 0 Å². The van der Waals surface area contributed by atoms with E-state index < -0.39 is 11.9 Å². The van der Waals surface area contributed by atoms with Gasteiger partial charge in [-0.2, -0.15) is 0 Å². The van der Waals surface area contributed by atoms with Gasteiger partial charge in [0.05, 0.1) is 19.6 Å². The zero-order valence-corrected chi connectivity index (χ0v) is 16.6. The lowest BCUT2D eigenvalue weighted by atomic mass is 10.2. The van der Waals surface area contributed by atoms with Crippen molar-refractivity contribution < 1.29 is 23.8 Å². The zero-order valence-electron chi connectivity index (χ0n) is 15.7. The number of fused-ring (bicyclic) bond motifs is 1. The molecule has 0 bridgehead atoms. The van der Waals surface area contributed by atoms with Gasteiger partial charge in [0.25, 0.3) is 5.91 Å². The summed E-state index contributed by atoms with van der Waals surface area (Å²) in [7, 11) is 0. The summed E-state index contributed by atoms with van der Waals surface area (Å²) in [6, 6.07) is 13.3. The molecule has 1 aliphatic heterocycles. The van der Waals surface area contributed by atoms with Crippen molar-refractivity contribution in [3.8, 4) is 11.5 Å². The van der Waals surface area contributed by atoms with Crippen LogP contribution >= 0.6 is 11.8 Å². The van der Waals surface area contributed by atoms with Crippen molar-refractivity contribution in [2.45, 2.75) is 24.7 Å². The second-order valence-electron chi connectivity index (χ2n) is 6.33. The number of benzene rings is 2. The summed E-state index contributed by atoms with van der Waals surface area (Å²) in [5.41, 5.74) is 1.77. The number of aryl methyl sites for hydroxylation is 1. The number of carbonyl (C=O) groups excluding carboxylic acids is 2. The Labute approximate surface area is 168 Å². The number of nitrogens with one attached hydrogen (secondary N) is 1. The number of rotatable bonds is 7. The van der Waals surface area contributed by atoms with Crippen LogP contribution in [0.1, 0.15) is 18.4 Å². The monoisotopic (exact) mass is 401 g/mol. The standard InChI is InChI=1S/C21H23NO5S/c1-15-3-6-17(7-4-15)28-12-9-21(24)27-14-20(23)22-16-5-8-18-19(13-16)26-11-2-10-25-18/h3-8,13H,2,9-12,14H2,1H3,(H,22,23). The zero-order chi connectivity index (χ0) is 19.8. The van der Waals surface area contributed by atoms with Gasteiger partial charge in [-0.3, -0.25) is 9.59 Å². The Morgan fingerprint density at radius 3 is 2.61 bits per heavy atom. The summed E-state index contributed by atoms with van der Waals surface area (Å²) in [6.45, 7) is 2.89. The van der Waals surface area contributed by atoms with Gasteiger partial charge in [0.15, 0.2) is 18.1 Å². The first kappa shape index (κ1) is 20.1. The van der Waals surface area contributed by atoms with Gasteiger partial charge in [-0.25, -0.2) is 0 Å². The highest BCUT2D eigenvalue weighted by molar-refractivity contribution is 7.99. The number of carbonyl (C=O) groups is 2. The van der Waals surface area contributed by atoms with E-state index in [1.54, 1.807) is 30.0 Å². The van der Waals surface area contributed by atoms with Crippen LogP contribution in [-0.2, 0) is 14.3 Å². The molecular weight excluding hydrogens is 378 g/mol. The summed E-state index contributed by atoms with van der Waals surface area (Å²) in [4.78, 5) is 24.9. The van der Waals surface area contributed by atoms with Crippen LogP contribution < -0.4 is 14.8 Å². The average Bonchev–Trinajstić information content (AvgIpc) is 2.93. The normalized spacial score (nSPS) is 12.8. The first-order chi connectivity index (χ1) is 13.6. The number of ether oxygens (including phenoxy) is 3. The van der Waals surface area contributed by atoms with Crippen molar-refractivity contribution in [2.75, 3.05) is 30.9 Å². The third-order valence-corrected chi connectivity index (χ3v) is 5.01. The average molecular weight is 401 g/mol. The van der Waals surface area contributed by atoms with Gasteiger partial charge in [-0.15, -0.1) is 11.8 Å². The summed E-state index contributed by atoms with van der Waals surface area (Å²) in [5.74, 6) is 1.07. The van der Waals surface area contributed by atoms with Crippen molar-refractivity contribution in [2.24, 2.45) is 0 Å². The predicted octanol–water partition coefficient (Wildman–Crippen LogP) is 3.82. The molecule has 0 radical (unpaired) electrons. The van der Waals surface area contributed by atoms with Gasteiger partial charge < -0.3 is 19.5 Å². The Morgan fingerprint density at radius 2 is 1.82 bits per heavy atom. The van der Waals surface area contributed by atoms with Crippen LogP contribution in [0.5, 0.6) is 11.5 Å². The number of thioether (sulfide) groups is 1. The Kier molecular flexibility index (Phi) is 7.19. The molecule has 1 amide bonds. The highest BCUT2D eigenvalue weighted by Gasteiger charge is 2.13. The van der Waals surface area contributed by atoms with Crippen molar-refractivity contribution in [1.82, 2.24) is 0 Å². The number of anilines is 1. The van der Waals surface area contributed by atoms with E-state index in [2.05, 4.69) is 5.32 Å². The second-order valence-corrected chi connectivity index (χ2v) is 7.50. The molecule has 1 N–H and O–H groups in total. The van der Waals surface area contributed by atoms with Crippen LogP contribution in [0.4, 0.5) is 5.69 Å². The number of hydrogen-bond acceptors (Lipinski definition) is 6. The van der Waals surface area contributed by atoms with Crippen LogP contribution in [0.2, 0.25) is 0 Å². The molecule has 2 aromatic carbocycles. The fraction of sp³-hybridized carbons (Fsp3) is 0.333. The molecule has 0 aromatic heterocycles. The molecule has 28 heavy (non-hydrogen) atoms. The van der Waals surface area contributed by atoms with E-state index in [-0.39, 0.29) is 13.0 Å². The van der Waals surface area contributed by atoms with Gasteiger partial charge in [0.1, 0.15) is 0 Å². The maximum absolute atomic E-state index is 12.0. The van der Waals surface area contributed by atoms with E-state index >= 15 is 0 Å². The van der Waals surface area contributed by atoms with Crippen LogP contribution in [0, 0.1) is 6.92 Å². The van der Waals surface area contributed by atoms with Crippen LogP contribution in [0.3, 0.4) is 0 Å². The Balaban J connectivity index is 1.38. The Bertz CT molecular complexity index is 822. The van der Waals surface area contributed by atoms with Gasteiger partial charge in [0, 0.05) is 28.8 Å². The molecule has 1 aliphatic rings. The third kappa shape index (κ3) is 6.20. The van der Waals surface area contributed by atoms with Gasteiger partial charge in [-0.1, -0.05) is 17.7 Å². The molecule has 3 rings (SSSR count). The fourth-order valence-corrected chi connectivity index (χ4v) is 3.38. The first-order valence-corrected chi connectivity index (χ1v) is 10.1. The smallest absolute Gasteiger partial charge is 0.307 e. The predicted molar refractivity (Wildman–Crippen MR) is 108 cm³/mol. The maximum atomic E-state index is 12.0. The molecule has 1 heterocycles. The first-order valence-electron chi connectivity index (χ1n) is 9.15. The molecular formula is C21H23NO5S.